The van der Waals surface area contributed by atoms with Crippen molar-refractivity contribution in [3.05, 3.63) is 54.4 Å². The number of aromatic nitrogens is 2. The molecule has 2 amide bonds. The Hall–Kier alpha value is -2.85. The Bertz CT molecular complexity index is 1200. The lowest BCUT2D eigenvalue weighted by Gasteiger charge is -2.27. The maximum absolute atomic E-state index is 12.5. The molecule has 0 saturated heterocycles. The molecule has 1 aromatic heterocycles. The van der Waals surface area contributed by atoms with Crippen molar-refractivity contribution in [1.29, 1.82) is 0 Å². The molecule has 2 N–H and O–H groups in total. The van der Waals surface area contributed by atoms with Gasteiger partial charge in [0.25, 0.3) is 11.7 Å². The van der Waals surface area contributed by atoms with Crippen LogP contribution in [0.25, 0.3) is 11.0 Å². The number of likely N-dealkylation sites (N-methyl/N-ethyl adjacent to an activating group) is 1. The van der Waals surface area contributed by atoms with Gasteiger partial charge in [0.05, 0.1) is 25.0 Å². The zero-order chi connectivity index (χ0) is 26.8. The number of hydrogen-bond donors (Lipinski definition) is 2. The number of amides is 2. The number of carbonyl (C=O) groups is 2. The van der Waals surface area contributed by atoms with Gasteiger partial charge in [0.2, 0.25) is 5.91 Å². The summed E-state index contributed by atoms with van der Waals surface area (Å²) in [6.45, 7) is 6.72. The summed E-state index contributed by atoms with van der Waals surface area (Å²) in [5.41, 5.74) is 4.34. The lowest BCUT2D eigenvalue weighted by Crippen LogP contribution is -2.38. The molecule has 0 radical (unpaired) electrons. The topological polar surface area (TPSA) is 73.5 Å². The highest BCUT2D eigenvalue weighted by Crippen LogP contribution is 2.27. The van der Waals surface area contributed by atoms with Crippen LogP contribution in [0.1, 0.15) is 12.7 Å². The second kappa shape index (κ2) is 14.2. The average Bonchev–Trinajstić information content (AvgIpc) is 3.13. The summed E-state index contributed by atoms with van der Waals surface area (Å²) in [6, 6.07) is 16.3. The van der Waals surface area contributed by atoms with E-state index in [1.54, 1.807) is 21.6 Å². The van der Waals surface area contributed by atoms with Gasteiger partial charge in [-0.3, -0.25) is 9.59 Å². The standard InChI is InChI=1S/C27H38N6O2S2/c1-6-32(24-13-9-7-11-22(24)30(3)4)19-26(34)28-15-17-36-37-18-16-29-27(35)20-33-21(2)31(5)23-12-8-10-14-25(23)33/h7-14H,6,15-20H2,1-5H3,(H-,28,29,34,35)/p+1. The lowest BCUT2D eigenvalue weighted by molar-refractivity contribution is -0.652. The minimum Gasteiger partial charge on any atom is -0.376 e. The van der Waals surface area contributed by atoms with Crippen LogP contribution in [0.15, 0.2) is 48.5 Å². The third-order valence-corrected chi connectivity index (χ3v) is 8.64. The van der Waals surface area contributed by atoms with Crippen LogP contribution in [0.4, 0.5) is 11.4 Å². The number of benzene rings is 2. The van der Waals surface area contributed by atoms with Crippen LogP contribution in [0.3, 0.4) is 0 Å². The molecule has 8 nitrogen and oxygen atoms in total. The molecule has 1 heterocycles. The molecule has 0 bridgehead atoms. The number of imidazole rings is 1. The Labute approximate surface area is 228 Å². The van der Waals surface area contributed by atoms with Crippen LogP contribution < -0.4 is 25.0 Å². The highest BCUT2D eigenvalue weighted by molar-refractivity contribution is 8.76. The number of anilines is 2. The summed E-state index contributed by atoms with van der Waals surface area (Å²) < 4.78 is 4.16. The van der Waals surface area contributed by atoms with E-state index in [-0.39, 0.29) is 11.8 Å². The molecular weight excluding hydrogens is 504 g/mol. The summed E-state index contributed by atoms with van der Waals surface area (Å²) in [5.74, 6) is 2.71. The van der Waals surface area contributed by atoms with E-state index in [1.807, 2.05) is 63.0 Å². The third-order valence-electron chi connectivity index (χ3n) is 6.23. The van der Waals surface area contributed by atoms with E-state index in [4.69, 9.17) is 0 Å². The van der Waals surface area contributed by atoms with Crippen LogP contribution in [0.5, 0.6) is 0 Å². The Balaban J connectivity index is 1.30. The van der Waals surface area contributed by atoms with Gasteiger partial charge >= 0.3 is 0 Å². The van der Waals surface area contributed by atoms with Crippen LogP contribution in [-0.2, 0) is 23.2 Å². The molecule has 0 aliphatic heterocycles. The molecule has 37 heavy (non-hydrogen) atoms. The molecule has 0 aliphatic carbocycles. The van der Waals surface area contributed by atoms with Crippen molar-refractivity contribution in [3.63, 3.8) is 0 Å². The highest BCUT2D eigenvalue weighted by Gasteiger charge is 2.20. The summed E-state index contributed by atoms with van der Waals surface area (Å²) in [4.78, 5) is 29.1. The van der Waals surface area contributed by atoms with E-state index in [0.29, 0.717) is 26.2 Å². The quantitative estimate of drug-likeness (QED) is 0.185. The molecule has 200 valence electrons. The van der Waals surface area contributed by atoms with Crippen molar-refractivity contribution >= 4 is 55.8 Å². The first-order valence-electron chi connectivity index (χ1n) is 12.6. The fourth-order valence-electron chi connectivity index (χ4n) is 4.19. The van der Waals surface area contributed by atoms with E-state index in [1.165, 1.54) is 0 Å². The molecule has 0 saturated carbocycles. The van der Waals surface area contributed by atoms with E-state index >= 15 is 0 Å². The Morgan fingerprint density at radius 3 is 2.16 bits per heavy atom. The van der Waals surface area contributed by atoms with Gasteiger partial charge in [-0.2, -0.15) is 0 Å². The number of para-hydroxylation sites is 4. The minimum atomic E-state index is 0.0126. The van der Waals surface area contributed by atoms with Gasteiger partial charge in [0.15, 0.2) is 17.6 Å². The van der Waals surface area contributed by atoms with Crippen molar-refractivity contribution in [2.24, 2.45) is 7.05 Å². The van der Waals surface area contributed by atoms with Gasteiger partial charge in [-0.25, -0.2) is 9.13 Å². The summed E-state index contributed by atoms with van der Waals surface area (Å²) >= 11 is 0. The molecule has 0 atom stereocenters. The second-order valence-corrected chi connectivity index (χ2v) is 11.6. The van der Waals surface area contributed by atoms with Crippen LogP contribution in [0, 0.1) is 6.92 Å². The molecule has 0 unspecified atom stereocenters. The van der Waals surface area contributed by atoms with E-state index in [2.05, 4.69) is 50.1 Å². The Morgan fingerprint density at radius 2 is 1.51 bits per heavy atom. The van der Waals surface area contributed by atoms with Crippen molar-refractivity contribution in [2.75, 3.05) is 61.6 Å². The van der Waals surface area contributed by atoms with Gasteiger partial charge in [-0.05, 0) is 31.2 Å². The molecule has 0 aliphatic rings. The fraction of sp³-hybridized carbons (Fsp3) is 0.444. The monoisotopic (exact) mass is 543 g/mol. The summed E-state index contributed by atoms with van der Waals surface area (Å²) in [5, 5.41) is 6.04. The SMILES string of the molecule is CCN(CC(=O)NCCSSCCNC(=O)Cn1c(C)[n+](C)c2ccccc21)c1ccccc1N(C)C. The van der Waals surface area contributed by atoms with Gasteiger partial charge in [-0.15, -0.1) is 0 Å². The van der Waals surface area contributed by atoms with Gasteiger partial charge < -0.3 is 20.4 Å². The largest absolute Gasteiger partial charge is 0.376 e. The molecular formula is C27H39N6O2S2+. The van der Waals surface area contributed by atoms with Crippen molar-refractivity contribution in [1.82, 2.24) is 15.2 Å². The Morgan fingerprint density at radius 1 is 0.919 bits per heavy atom. The van der Waals surface area contributed by atoms with E-state index in [9.17, 15) is 9.59 Å². The number of aryl methyl sites for hydroxylation is 1. The predicted molar refractivity (Wildman–Crippen MR) is 157 cm³/mol. The fourth-order valence-corrected chi connectivity index (χ4v) is 6.01. The Kier molecular flexibility index (Phi) is 11.0. The zero-order valence-corrected chi connectivity index (χ0v) is 24.1. The van der Waals surface area contributed by atoms with Crippen LogP contribution in [-0.4, -0.2) is 68.2 Å². The molecule has 3 aromatic rings. The van der Waals surface area contributed by atoms with Crippen molar-refractivity contribution < 1.29 is 14.2 Å². The van der Waals surface area contributed by atoms with Crippen LogP contribution >= 0.6 is 21.6 Å². The summed E-state index contributed by atoms with van der Waals surface area (Å²) in [6.07, 6.45) is 0. The number of rotatable bonds is 14. The van der Waals surface area contributed by atoms with Gasteiger partial charge in [0, 0.05) is 52.2 Å². The van der Waals surface area contributed by atoms with Crippen molar-refractivity contribution in [3.8, 4) is 0 Å². The molecule has 3 rings (SSSR count). The smallest absolute Gasteiger partial charge is 0.262 e. The molecule has 2 aromatic carbocycles. The third kappa shape index (κ3) is 7.82. The highest BCUT2D eigenvalue weighted by atomic mass is 33.1. The normalized spacial score (nSPS) is 10.9. The summed E-state index contributed by atoms with van der Waals surface area (Å²) in [7, 11) is 9.46. The zero-order valence-electron chi connectivity index (χ0n) is 22.5. The number of nitrogens with zero attached hydrogens (tertiary/aromatic N) is 4. The number of carbonyl (C=O) groups excluding carboxylic acids is 2. The maximum Gasteiger partial charge on any atom is 0.262 e. The van der Waals surface area contributed by atoms with E-state index < -0.39 is 0 Å². The van der Waals surface area contributed by atoms with Gasteiger partial charge in [0.1, 0.15) is 0 Å². The number of fused-ring (bicyclic) bond motifs is 1. The lowest BCUT2D eigenvalue weighted by atomic mass is 10.2. The maximum atomic E-state index is 12.5. The van der Waals surface area contributed by atoms with Gasteiger partial charge in [-0.1, -0.05) is 45.9 Å². The first kappa shape index (κ1) is 28.7. The first-order valence-corrected chi connectivity index (χ1v) is 15.0. The second-order valence-electron chi connectivity index (χ2n) is 8.92. The minimum absolute atomic E-state index is 0.0126. The molecule has 10 heteroatoms. The number of nitrogens with one attached hydrogen (secondary N) is 2. The number of hydrogen-bond acceptors (Lipinski definition) is 6. The van der Waals surface area contributed by atoms with E-state index in [0.717, 1.165) is 46.3 Å². The average molecular weight is 544 g/mol. The predicted octanol–water partition coefficient (Wildman–Crippen LogP) is 2.98. The first-order chi connectivity index (χ1) is 17.8. The van der Waals surface area contributed by atoms with Crippen molar-refractivity contribution in [2.45, 2.75) is 20.4 Å². The molecule has 0 spiro atoms. The molecule has 0 fully saturated rings. The van der Waals surface area contributed by atoms with Crippen LogP contribution in [0.2, 0.25) is 0 Å².